The van der Waals surface area contributed by atoms with Crippen molar-refractivity contribution in [2.75, 3.05) is 18.4 Å². The molecule has 4 rings (SSSR count). The summed E-state index contributed by atoms with van der Waals surface area (Å²) in [5, 5.41) is 3.90. The Bertz CT molecular complexity index is 1250. The molecule has 0 bridgehead atoms. The van der Waals surface area contributed by atoms with Gasteiger partial charge in [-0.1, -0.05) is 18.2 Å². The van der Waals surface area contributed by atoms with E-state index in [0.29, 0.717) is 28.9 Å². The fraction of sp³-hybridized carbons (Fsp3) is 0.381. The Morgan fingerprint density at radius 2 is 1.94 bits per heavy atom. The number of benzene rings is 1. The third-order valence-electron chi connectivity index (χ3n) is 4.97. The van der Waals surface area contributed by atoms with Crippen LogP contribution >= 0.6 is 15.9 Å². The highest BCUT2D eigenvalue weighted by molar-refractivity contribution is 9.10. The van der Waals surface area contributed by atoms with Gasteiger partial charge in [-0.3, -0.25) is 0 Å². The highest BCUT2D eigenvalue weighted by Crippen LogP contribution is 2.31. The Kier molecular flexibility index (Phi) is 5.89. The summed E-state index contributed by atoms with van der Waals surface area (Å²) in [6.07, 6.45) is 1.70. The van der Waals surface area contributed by atoms with Crippen LogP contribution in [-0.2, 0) is 14.8 Å². The molecule has 1 aromatic carbocycles. The predicted molar refractivity (Wildman–Crippen MR) is 124 cm³/mol. The standard InChI is InChI=1S/C21H24BrN5O4S/c1-21(2,3)31-20(28)26-10-9-14(12-26)25-18-16-11-17(22)27(19(16)24-13-23-18)32(29,30)15-7-5-4-6-8-15/h4-8,11,13-14H,9-10,12H2,1-3H3,(H,23,24,25)/t14-/m1/s1. The molecule has 1 saturated heterocycles. The molecule has 9 nitrogen and oxygen atoms in total. The molecule has 11 heteroatoms. The molecular formula is C21H24BrN5O4S. The van der Waals surface area contributed by atoms with E-state index in [1.54, 1.807) is 29.2 Å². The van der Waals surface area contributed by atoms with Gasteiger partial charge in [0.05, 0.1) is 10.3 Å². The Morgan fingerprint density at radius 1 is 1.22 bits per heavy atom. The summed E-state index contributed by atoms with van der Waals surface area (Å²) in [7, 11) is -3.85. The second-order valence-electron chi connectivity index (χ2n) is 8.57. The molecule has 3 heterocycles. The lowest BCUT2D eigenvalue weighted by Crippen LogP contribution is -2.36. The van der Waals surface area contributed by atoms with E-state index in [9.17, 15) is 13.2 Å². The highest BCUT2D eigenvalue weighted by atomic mass is 79.9. The smallest absolute Gasteiger partial charge is 0.410 e. The van der Waals surface area contributed by atoms with Gasteiger partial charge in [-0.2, -0.15) is 0 Å². The van der Waals surface area contributed by atoms with Crippen LogP contribution in [-0.4, -0.2) is 58.1 Å². The highest BCUT2D eigenvalue weighted by Gasteiger charge is 2.31. The molecule has 1 atom stereocenters. The lowest BCUT2D eigenvalue weighted by atomic mass is 10.2. The first-order valence-electron chi connectivity index (χ1n) is 10.1. The van der Waals surface area contributed by atoms with Crippen molar-refractivity contribution in [1.29, 1.82) is 0 Å². The van der Waals surface area contributed by atoms with Crippen molar-refractivity contribution >= 4 is 48.9 Å². The van der Waals surface area contributed by atoms with Crippen LogP contribution in [0.5, 0.6) is 0 Å². The second kappa shape index (κ2) is 8.36. The number of nitrogens with zero attached hydrogens (tertiary/aromatic N) is 4. The largest absolute Gasteiger partial charge is 0.444 e. The van der Waals surface area contributed by atoms with Gasteiger partial charge in [-0.15, -0.1) is 0 Å². The quantitative estimate of drug-likeness (QED) is 0.555. The Hall–Kier alpha value is -2.66. The second-order valence-corrected chi connectivity index (χ2v) is 11.2. The molecule has 1 amide bonds. The molecule has 0 saturated carbocycles. The van der Waals surface area contributed by atoms with Crippen molar-refractivity contribution in [2.24, 2.45) is 0 Å². The molecule has 0 unspecified atom stereocenters. The molecule has 1 N–H and O–H groups in total. The van der Waals surface area contributed by atoms with Gasteiger partial charge in [0.2, 0.25) is 0 Å². The van der Waals surface area contributed by atoms with E-state index in [-0.39, 0.29) is 22.7 Å². The van der Waals surface area contributed by atoms with Crippen molar-refractivity contribution in [3.8, 4) is 0 Å². The van der Waals surface area contributed by atoms with Crippen LogP contribution in [0.1, 0.15) is 27.2 Å². The van der Waals surface area contributed by atoms with Gasteiger partial charge >= 0.3 is 6.09 Å². The molecule has 2 aromatic heterocycles. The summed E-state index contributed by atoms with van der Waals surface area (Å²) in [4.78, 5) is 22.7. The number of ether oxygens (including phenoxy) is 1. The van der Waals surface area contributed by atoms with Crippen LogP contribution in [0.4, 0.5) is 10.6 Å². The summed E-state index contributed by atoms with van der Waals surface area (Å²) in [6.45, 7) is 6.53. The molecule has 1 aliphatic heterocycles. The number of amides is 1. The van der Waals surface area contributed by atoms with Crippen LogP contribution in [0.25, 0.3) is 11.0 Å². The number of rotatable bonds is 4. The zero-order valence-corrected chi connectivity index (χ0v) is 20.4. The zero-order valence-electron chi connectivity index (χ0n) is 17.9. The van der Waals surface area contributed by atoms with E-state index >= 15 is 0 Å². The van der Waals surface area contributed by atoms with Gasteiger partial charge in [0.15, 0.2) is 5.65 Å². The van der Waals surface area contributed by atoms with E-state index in [1.165, 1.54) is 18.5 Å². The third kappa shape index (κ3) is 4.44. The fourth-order valence-corrected chi connectivity index (χ4v) is 5.90. The van der Waals surface area contributed by atoms with Crippen LogP contribution in [0.3, 0.4) is 0 Å². The summed E-state index contributed by atoms with van der Waals surface area (Å²) < 4.78 is 33.4. The molecule has 32 heavy (non-hydrogen) atoms. The molecule has 3 aromatic rings. The third-order valence-corrected chi connectivity index (χ3v) is 7.51. The summed E-state index contributed by atoms with van der Waals surface area (Å²) >= 11 is 3.36. The first-order valence-corrected chi connectivity index (χ1v) is 12.4. The summed E-state index contributed by atoms with van der Waals surface area (Å²) in [5.41, 5.74) is -0.291. The molecule has 1 fully saturated rings. The average molecular weight is 522 g/mol. The number of halogens is 1. The van der Waals surface area contributed by atoms with E-state index in [1.807, 2.05) is 20.8 Å². The van der Waals surface area contributed by atoms with Crippen LogP contribution in [0, 0.1) is 0 Å². The van der Waals surface area contributed by atoms with Crippen molar-refractivity contribution in [1.82, 2.24) is 18.8 Å². The average Bonchev–Trinajstić information content (AvgIpc) is 3.32. The van der Waals surface area contributed by atoms with Gasteiger partial charge < -0.3 is 15.0 Å². The van der Waals surface area contributed by atoms with E-state index < -0.39 is 15.6 Å². The molecule has 1 aliphatic rings. The topological polar surface area (TPSA) is 106 Å². The first kappa shape index (κ1) is 22.5. The number of fused-ring (bicyclic) bond motifs is 1. The van der Waals surface area contributed by atoms with Crippen LogP contribution < -0.4 is 5.32 Å². The summed E-state index contributed by atoms with van der Waals surface area (Å²) in [5.74, 6) is 0.508. The minimum atomic E-state index is -3.85. The number of carbonyl (C=O) groups is 1. The SMILES string of the molecule is CC(C)(C)OC(=O)N1CC[C@@H](Nc2ncnc3c2cc(Br)n3S(=O)(=O)c2ccccc2)C1. The van der Waals surface area contributed by atoms with Crippen molar-refractivity contribution < 1.29 is 17.9 Å². The minimum Gasteiger partial charge on any atom is -0.444 e. The van der Waals surface area contributed by atoms with Crippen LogP contribution in [0.15, 0.2) is 52.2 Å². The first-order chi connectivity index (χ1) is 15.1. The molecule has 170 valence electrons. The van der Waals surface area contributed by atoms with E-state index in [0.717, 1.165) is 10.4 Å². The Balaban J connectivity index is 1.60. The van der Waals surface area contributed by atoms with Crippen molar-refractivity contribution in [2.45, 2.75) is 43.7 Å². The fourth-order valence-electron chi connectivity index (χ4n) is 3.57. The maximum Gasteiger partial charge on any atom is 0.410 e. The number of aromatic nitrogens is 3. The molecule has 0 aliphatic carbocycles. The molecule has 0 radical (unpaired) electrons. The Morgan fingerprint density at radius 3 is 2.62 bits per heavy atom. The number of anilines is 1. The lowest BCUT2D eigenvalue weighted by molar-refractivity contribution is 0.0293. The van der Waals surface area contributed by atoms with Gasteiger partial charge in [0.25, 0.3) is 10.0 Å². The number of likely N-dealkylation sites (tertiary alicyclic amines) is 1. The normalized spacial score (nSPS) is 17.0. The van der Waals surface area contributed by atoms with Gasteiger partial charge in [0.1, 0.15) is 22.3 Å². The van der Waals surface area contributed by atoms with E-state index in [4.69, 9.17) is 4.74 Å². The van der Waals surface area contributed by atoms with Crippen molar-refractivity contribution in [3.05, 3.63) is 47.3 Å². The minimum absolute atomic E-state index is 0.0477. The van der Waals surface area contributed by atoms with Crippen molar-refractivity contribution in [3.63, 3.8) is 0 Å². The number of hydrogen-bond acceptors (Lipinski definition) is 7. The van der Waals surface area contributed by atoms with Gasteiger partial charge in [-0.05, 0) is 61.3 Å². The Labute approximate surface area is 195 Å². The zero-order chi connectivity index (χ0) is 23.1. The molecule has 0 spiro atoms. The number of carbonyl (C=O) groups excluding carboxylic acids is 1. The maximum absolute atomic E-state index is 13.2. The predicted octanol–water partition coefficient (Wildman–Crippen LogP) is 3.85. The number of hydrogen-bond donors (Lipinski definition) is 1. The lowest BCUT2D eigenvalue weighted by Gasteiger charge is -2.24. The van der Waals surface area contributed by atoms with E-state index in [2.05, 4.69) is 31.2 Å². The van der Waals surface area contributed by atoms with Gasteiger partial charge in [-0.25, -0.2) is 27.2 Å². The maximum atomic E-state index is 13.2. The summed E-state index contributed by atoms with van der Waals surface area (Å²) in [6, 6.07) is 9.81. The molecular weight excluding hydrogens is 498 g/mol. The number of nitrogens with one attached hydrogen (secondary N) is 1. The van der Waals surface area contributed by atoms with Gasteiger partial charge in [0, 0.05) is 19.1 Å². The monoisotopic (exact) mass is 521 g/mol. The van der Waals surface area contributed by atoms with Crippen LogP contribution in [0.2, 0.25) is 0 Å².